The van der Waals surface area contributed by atoms with E-state index in [0.717, 1.165) is 24.1 Å². The van der Waals surface area contributed by atoms with Gasteiger partial charge < -0.3 is 14.8 Å². The lowest BCUT2D eigenvalue weighted by molar-refractivity contribution is -0.144. The van der Waals surface area contributed by atoms with Crippen LogP contribution >= 0.6 is 0 Å². The van der Waals surface area contributed by atoms with E-state index >= 15 is 0 Å². The molecule has 0 saturated carbocycles. The van der Waals surface area contributed by atoms with Gasteiger partial charge in [-0.15, -0.1) is 0 Å². The van der Waals surface area contributed by atoms with Crippen LogP contribution in [-0.2, 0) is 31.6 Å². The predicted octanol–water partition coefficient (Wildman–Crippen LogP) is -0.0386. The van der Waals surface area contributed by atoms with E-state index in [1.54, 1.807) is 11.2 Å². The topological polar surface area (TPSA) is 115 Å². The van der Waals surface area contributed by atoms with Gasteiger partial charge in [-0.25, -0.2) is 18.1 Å². The Morgan fingerprint density at radius 3 is 2.59 bits per heavy atom. The number of H-pyrrole nitrogens is 1. The Morgan fingerprint density at radius 1 is 1.26 bits per heavy atom. The summed E-state index contributed by atoms with van der Waals surface area (Å²) in [6.45, 7) is 3.68. The fraction of sp³-hybridized carbons (Fsp3) is 0.706. The van der Waals surface area contributed by atoms with Crippen molar-refractivity contribution in [3.05, 3.63) is 17.7 Å². The van der Waals surface area contributed by atoms with Gasteiger partial charge in [0.05, 0.1) is 23.8 Å². The first-order valence-corrected chi connectivity index (χ1v) is 11.2. The summed E-state index contributed by atoms with van der Waals surface area (Å²) < 4.78 is 24.6. The van der Waals surface area contributed by atoms with E-state index in [1.807, 2.05) is 11.8 Å². The summed E-state index contributed by atoms with van der Waals surface area (Å²) >= 11 is 0. The summed E-state index contributed by atoms with van der Waals surface area (Å²) in [4.78, 5) is 36.4. The van der Waals surface area contributed by atoms with Crippen LogP contribution in [0.25, 0.3) is 0 Å². The zero-order valence-electron chi connectivity index (χ0n) is 15.8. The minimum absolute atomic E-state index is 0.0765. The molecular weight excluding hydrogens is 370 g/mol. The monoisotopic (exact) mass is 397 g/mol. The van der Waals surface area contributed by atoms with Crippen LogP contribution in [0.1, 0.15) is 44.0 Å². The highest BCUT2D eigenvalue weighted by Crippen LogP contribution is 2.42. The lowest BCUT2D eigenvalue weighted by Crippen LogP contribution is -2.58. The van der Waals surface area contributed by atoms with Gasteiger partial charge in [0.2, 0.25) is 21.8 Å². The zero-order chi connectivity index (χ0) is 19.7. The molecule has 3 rings (SSSR count). The number of sulfonamides is 1. The number of piperidine rings is 1. The van der Waals surface area contributed by atoms with Crippen LogP contribution in [0.5, 0.6) is 0 Å². The van der Waals surface area contributed by atoms with E-state index in [-0.39, 0.29) is 24.8 Å². The lowest BCUT2D eigenvalue weighted by Gasteiger charge is -2.50. The van der Waals surface area contributed by atoms with Crippen LogP contribution < -0.4 is 4.72 Å². The Hall–Kier alpha value is -1.94. The van der Waals surface area contributed by atoms with E-state index in [4.69, 9.17) is 0 Å². The number of likely N-dealkylation sites (tertiary alicyclic amines) is 1. The van der Waals surface area contributed by atoms with Gasteiger partial charge >= 0.3 is 0 Å². The average molecular weight is 398 g/mol. The Kier molecular flexibility index (Phi) is 5.57. The second-order valence-corrected chi connectivity index (χ2v) is 9.04. The van der Waals surface area contributed by atoms with Crippen LogP contribution in [0.2, 0.25) is 0 Å². The van der Waals surface area contributed by atoms with Crippen molar-refractivity contribution >= 4 is 21.8 Å². The molecule has 2 aliphatic heterocycles. The van der Waals surface area contributed by atoms with Crippen LogP contribution in [0.15, 0.2) is 6.33 Å². The molecule has 0 aliphatic carbocycles. The first kappa shape index (κ1) is 19.8. The number of nitrogens with one attached hydrogen (secondary N) is 2. The molecule has 1 fully saturated rings. The Labute approximate surface area is 159 Å². The number of rotatable bonds is 5. The summed E-state index contributed by atoms with van der Waals surface area (Å²) in [5, 5.41) is 0. The van der Waals surface area contributed by atoms with Crippen LogP contribution in [0, 0.1) is 0 Å². The highest BCUT2D eigenvalue weighted by molar-refractivity contribution is 7.88. The molecule has 0 aromatic carbocycles. The number of aromatic amines is 1. The van der Waals surface area contributed by atoms with Gasteiger partial charge in [0.1, 0.15) is 0 Å². The highest BCUT2D eigenvalue weighted by atomic mass is 32.2. The summed E-state index contributed by atoms with van der Waals surface area (Å²) in [6.07, 6.45) is 5.38. The summed E-state index contributed by atoms with van der Waals surface area (Å²) in [5.41, 5.74) is 1.55. The molecule has 0 atom stereocenters. The van der Waals surface area contributed by atoms with Gasteiger partial charge in [-0.2, -0.15) is 0 Å². The molecule has 9 nitrogen and oxygen atoms in total. The van der Waals surface area contributed by atoms with Gasteiger partial charge in [0.25, 0.3) is 0 Å². The first-order valence-electron chi connectivity index (χ1n) is 9.32. The Bertz CT molecular complexity index is 811. The molecule has 0 bridgehead atoms. The van der Waals surface area contributed by atoms with E-state index < -0.39 is 15.6 Å². The summed E-state index contributed by atoms with van der Waals surface area (Å²) in [6, 6.07) is 0. The zero-order valence-corrected chi connectivity index (χ0v) is 16.6. The molecule has 1 aromatic rings. The van der Waals surface area contributed by atoms with Crippen molar-refractivity contribution < 1.29 is 18.0 Å². The van der Waals surface area contributed by atoms with Crippen LogP contribution in [0.4, 0.5) is 0 Å². The minimum Gasteiger partial charge on any atom is -0.348 e. The maximum atomic E-state index is 12.6. The number of hydrogen-bond acceptors (Lipinski definition) is 5. The molecule has 2 N–H and O–H groups in total. The standard InChI is InChI=1S/C17H27N5O4S/c1-3-14(23)22-9-5-13-16(19-12-18-13)17(22)6-10-21(11-7-17)15(24)4-8-20-27(2,25)26/h12,20H,3-11H2,1-2H3,(H,18,19). The lowest BCUT2D eigenvalue weighted by atomic mass is 9.78. The SMILES string of the molecule is CCC(=O)N1CCc2[nH]cnc2C12CCN(C(=O)CCNS(C)(=O)=O)CC2. The molecule has 0 radical (unpaired) electrons. The third-order valence-corrected chi connectivity index (χ3v) is 6.24. The molecule has 3 heterocycles. The van der Waals surface area contributed by atoms with E-state index in [1.165, 1.54) is 0 Å². The smallest absolute Gasteiger partial charge is 0.223 e. The van der Waals surface area contributed by atoms with E-state index in [0.29, 0.717) is 38.9 Å². The van der Waals surface area contributed by atoms with Crippen molar-refractivity contribution in [2.45, 2.75) is 44.6 Å². The van der Waals surface area contributed by atoms with Gasteiger partial charge in [0.15, 0.2) is 0 Å². The average Bonchev–Trinajstić information content (AvgIpc) is 3.11. The van der Waals surface area contributed by atoms with Gasteiger partial charge in [-0.3, -0.25) is 9.59 Å². The van der Waals surface area contributed by atoms with E-state index in [9.17, 15) is 18.0 Å². The van der Waals surface area contributed by atoms with Crippen molar-refractivity contribution in [2.75, 3.05) is 32.4 Å². The molecule has 1 aromatic heterocycles. The van der Waals surface area contributed by atoms with Crippen molar-refractivity contribution in [3.63, 3.8) is 0 Å². The maximum absolute atomic E-state index is 12.6. The predicted molar refractivity (Wildman–Crippen MR) is 99.3 cm³/mol. The minimum atomic E-state index is -3.30. The number of nitrogens with zero attached hydrogens (tertiary/aromatic N) is 3. The molecule has 1 spiro atoms. The van der Waals surface area contributed by atoms with Crippen molar-refractivity contribution in [2.24, 2.45) is 0 Å². The number of aromatic nitrogens is 2. The molecule has 2 amide bonds. The van der Waals surface area contributed by atoms with Crippen LogP contribution in [0.3, 0.4) is 0 Å². The van der Waals surface area contributed by atoms with Crippen molar-refractivity contribution in [1.82, 2.24) is 24.5 Å². The summed E-state index contributed by atoms with van der Waals surface area (Å²) in [5.74, 6) is 0.0354. The maximum Gasteiger partial charge on any atom is 0.223 e. The number of fused-ring (bicyclic) bond motifs is 2. The summed E-state index contributed by atoms with van der Waals surface area (Å²) in [7, 11) is -3.30. The molecule has 27 heavy (non-hydrogen) atoms. The number of carbonyl (C=O) groups is 2. The molecule has 150 valence electrons. The number of hydrogen-bond donors (Lipinski definition) is 2. The van der Waals surface area contributed by atoms with Gasteiger partial charge in [-0.05, 0) is 12.8 Å². The molecule has 1 saturated heterocycles. The highest BCUT2D eigenvalue weighted by Gasteiger charge is 2.48. The molecule has 10 heteroatoms. The van der Waals surface area contributed by atoms with Gasteiger partial charge in [-0.1, -0.05) is 6.92 Å². The number of carbonyl (C=O) groups excluding carboxylic acids is 2. The third-order valence-electron chi connectivity index (χ3n) is 5.51. The van der Waals surface area contributed by atoms with E-state index in [2.05, 4.69) is 14.7 Å². The number of imidazole rings is 1. The third kappa shape index (κ3) is 4.01. The Morgan fingerprint density at radius 2 is 1.96 bits per heavy atom. The quantitative estimate of drug-likeness (QED) is 0.723. The normalized spacial score (nSPS) is 19.2. The molecule has 2 aliphatic rings. The molecular formula is C17H27N5O4S. The van der Waals surface area contributed by atoms with Crippen molar-refractivity contribution in [1.29, 1.82) is 0 Å². The second kappa shape index (κ2) is 7.59. The molecule has 0 unspecified atom stereocenters. The van der Waals surface area contributed by atoms with Crippen molar-refractivity contribution in [3.8, 4) is 0 Å². The largest absolute Gasteiger partial charge is 0.348 e. The van der Waals surface area contributed by atoms with Crippen LogP contribution in [-0.4, -0.2) is 72.4 Å². The Balaban J connectivity index is 1.70. The fourth-order valence-corrected chi connectivity index (χ4v) is 4.64. The fourth-order valence-electron chi connectivity index (χ4n) is 4.17. The first-order chi connectivity index (χ1) is 12.8. The number of amides is 2. The van der Waals surface area contributed by atoms with Gasteiger partial charge in [0, 0.05) is 51.1 Å². The second-order valence-electron chi connectivity index (χ2n) is 7.21.